The van der Waals surface area contributed by atoms with Crippen LogP contribution in [0.5, 0.6) is 5.75 Å². The molecule has 7 heteroatoms. The van der Waals surface area contributed by atoms with Gasteiger partial charge >= 0.3 is 0 Å². The van der Waals surface area contributed by atoms with Crippen molar-refractivity contribution in [3.05, 3.63) is 53.4 Å². The van der Waals surface area contributed by atoms with Gasteiger partial charge in [0.15, 0.2) is 5.69 Å². The largest absolute Gasteiger partial charge is 0.495 e. The van der Waals surface area contributed by atoms with E-state index in [-0.39, 0.29) is 5.69 Å². The summed E-state index contributed by atoms with van der Waals surface area (Å²) >= 11 is 6.15. The summed E-state index contributed by atoms with van der Waals surface area (Å²) in [5, 5.41) is 17.7. The van der Waals surface area contributed by atoms with E-state index in [0.717, 1.165) is 5.56 Å². The number of pyridine rings is 1. The third-order valence-corrected chi connectivity index (χ3v) is 3.39. The molecule has 3 aromatic rings. The summed E-state index contributed by atoms with van der Waals surface area (Å²) in [4.78, 5) is 4.07. The van der Waals surface area contributed by atoms with Crippen LogP contribution in [0.15, 0.2) is 42.7 Å². The van der Waals surface area contributed by atoms with Crippen molar-refractivity contribution in [2.45, 2.75) is 0 Å². The van der Waals surface area contributed by atoms with Crippen LogP contribution in [0.25, 0.3) is 16.9 Å². The molecule has 1 aromatic carbocycles. The standard InChI is InChI=1S/C15H10ClN5O/c1-22-14-5-4-11(7-12(14)16)21-15(13(8-17)19-20-21)10-3-2-6-18-9-10/h2-7,9H,1H3. The van der Waals surface area contributed by atoms with Gasteiger partial charge in [0.05, 0.1) is 17.8 Å². The zero-order chi connectivity index (χ0) is 15.5. The Hall–Kier alpha value is -2.91. The summed E-state index contributed by atoms with van der Waals surface area (Å²) in [5.41, 5.74) is 2.21. The topological polar surface area (TPSA) is 76.6 Å². The van der Waals surface area contributed by atoms with E-state index in [2.05, 4.69) is 15.3 Å². The van der Waals surface area contributed by atoms with E-state index in [1.807, 2.05) is 12.1 Å². The normalized spacial score (nSPS) is 10.2. The monoisotopic (exact) mass is 311 g/mol. The number of nitriles is 1. The van der Waals surface area contributed by atoms with Gasteiger partial charge in [-0.2, -0.15) is 5.26 Å². The van der Waals surface area contributed by atoms with Crippen molar-refractivity contribution < 1.29 is 4.74 Å². The Kier molecular flexibility index (Phi) is 3.73. The smallest absolute Gasteiger partial charge is 0.191 e. The molecule has 0 bridgehead atoms. The first-order chi connectivity index (χ1) is 10.7. The van der Waals surface area contributed by atoms with Crippen LogP contribution >= 0.6 is 11.6 Å². The number of hydrogen-bond acceptors (Lipinski definition) is 5. The highest BCUT2D eigenvalue weighted by Crippen LogP contribution is 2.29. The molecule has 2 heterocycles. The summed E-state index contributed by atoms with van der Waals surface area (Å²) < 4.78 is 6.69. The molecule has 0 amide bonds. The van der Waals surface area contributed by atoms with Crippen molar-refractivity contribution in [1.82, 2.24) is 20.0 Å². The maximum Gasteiger partial charge on any atom is 0.191 e. The lowest BCUT2D eigenvalue weighted by molar-refractivity contribution is 0.415. The Bertz CT molecular complexity index is 854. The molecule has 0 aliphatic carbocycles. The van der Waals surface area contributed by atoms with Crippen molar-refractivity contribution in [2.24, 2.45) is 0 Å². The number of halogens is 1. The van der Waals surface area contributed by atoms with Crippen molar-refractivity contribution in [2.75, 3.05) is 7.11 Å². The molecule has 0 spiro atoms. The van der Waals surface area contributed by atoms with E-state index in [1.165, 1.54) is 0 Å². The zero-order valence-electron chi connectivity index (χ0n) is 11.6. The van der Waals surface area contributed by atoms with Gasteiger partial charge in [-0.1, -0.05) is 16.8 Å². The van der Waals surface area contributed by atoms with Gasteiger partial charge in [-0.05, 0) is 30.3 Å². The molecule has 0 saturated carbocycles. The van der Waals surface area contributed by atoms with Crippen molar-refractivity contribution >= 4 is 11.6 Å². The van der Waals surface area contributed by atoms with Crippen LogP contribution in [0, 0.1) is 11.3 Å². The lowest BCUT2D eigenvalue weighted by atomic mass is 10.1. The summed E-state index contributed by atoms with van der Waals surface area (Å²) in [6.45, 7) is 0. The fraction of sp³-hybridized carbons (Fsp3) is 0.0667. The first-order valence-electron chi connectivity index (χ1n) is 6.34. The van der Waals surface area contributed by atoms with Crippen LogP contribution in [0.1, 0.15) is 5.69 Å². The fourth-order valence-corrected chi connectivity index (χ4v) is 2.34. The van der Waals surface area contributed by atoms with Crippen molar-refractivity contribution in [3.63, 3.8) is 0 Å². The maximum absolute atomic E-state index is 9.24. The number of ether oxygens (including phenoxy) is 1. The van der Waals surface area contributed by atoms with E-state index in [0.29, 0.717) is 22.2 Å². The van der Waals surface area contributed by atoms with E-state index >= 15 is 0 Å². The highest BCUT2D eigenvalue weighted by molar-refractivity contribution is 6.32. The number of methoxy groups -OCH3 is 1. The van der Waals surface area contributed by atoms with Gasteiger partial charge in [-0.3, -0.25) is 4.98 Å². The number of hydrogen-bond donors (Lipinski definition) is 0. The minimum absolute atomic E-state index is 0.222. The molecule has 6 nitrogen and oxygen atoms in total. The quantitative estimate of drug-likeness (QED) is 0.743. The van der Waals surface area contributed by atoms with Gasteiger partial charge in [-0.15, -0.1) is 5.10 Å². The number of aromatic nitrogens is 4. The SMILES string of the molecule is COc1ccc(-n2nnc(C#N)c2-c2cccnc2)cc1Cl. The Morgan fingerprint density at radius 3 is 2.82 bits per heavy atom. The Morgan fingerprint density at radius 2 is 2.18 bits per heavy atom. The lowest BCUT2D eigenvalue weighted by Gasteiger charge is -2.09. The number of rotatable bonds is 3. The van der Waals surface area contributed by atoms with E-state index < -0.39 is 0 Å². The van der Waals surface area contributed by atoms with Gasteiger partial charge in [-0.25, -0.2) is 4.68 Å². The fourth-order valence-electron chi connectivity index (χ4n) is 2.09. The minimum Gasteiger partial charge on any atom is -0.495 e. The van der Waals surface area contributed by atoms with Gasteiger partial charge in [0.1, 0.15) is 17.5 Å². The van der Waals surface area contributed by atoms with Crippen LogP contribution in [0.2, 0.25) is 5.02 Å². The molecule has 0 N–H and O–H groups in total. The molecule has 0 radical (unpaired) electrons. The van der Waals surface area contributed by atoms with E-state index in [9.17, 15) is 5.26 Å². The summed E-state index contributed by atoms with van der Waals surface area (Å²) in [6, 6.07) is 10.9. The van der Waals surface area contributed by atoms with Crippen LogP contribution in [-0.2, 0) is 0 Å². The molecule has 0 fully saturated rings. The van der Waals surface area contributed by atoms with Gasteiger partial charge in [0.2, 0.25) is 0 Å². The molecule has 2 aromatic heterocycles. The third kappa shape index (κ3) is 2.38. The molecular weight excluding hydrogens is 302 g/mol. The third-order valence-electron chi connectivity index (χ3n) is 3.09. The number of benzene rings is 1. The van der Waals surface area contributed by atoms with Crippen molar-refractivity contribution in [1.29, 1.82) is 5.26 Å². The summed E-state index contributed by atoms with van der Waals surface area (Å²) in [6.07, 6.45) is 3.31. The van der Waals surface area contributed by atoms with Crippen LogP contribution < -0.4 is 4.74 Å². The second-order valence-corrected chi connectivity index (χ2v) is 4.78. The predicted octanol–water partition coefficient (Wildman–Crippen LogP) is 2.86. The summed E-state index contributed by atoms with van der Waals surface area (Å²) in [7, 11) is 1.55. The Balaban J connectivity index is 2.19. The molecule has 0 unspecified atom stereocenters. The van der Waals surface area contributed by atoms with Crippen LogP contribution in [0.3, 0.4) is 0 Å². The van der Waals surface area contributed by atoms with Gasteiger partial charge in [0.25, 0.3) is 0 Å². The molecule has 0 saturated heterocycles. The van der Waals surface area contributed by atoms with Crippen molar-refractivity contribution in [3.8, 4) is 28.8 Å². The predicted molar refractivity (Wildman–Crippen MR) is 80.9 cm³/mol. The average Bonchev–Trinajstić information content (AvgIpc) is 2.99. The van der Waals surface area contributed by atoms with E-state index in [4.69, 9.17) is 16.3 Å². The average molecular weight is 312 g/mol. The molecule has 0 atom stereocenters. The molecular formula is C15H10ClN5O. The van der Waals surface area contributed by atoms with Gasteiger partial charge in [0, 0.05) is 18.0 Å². The first kappa shape index (κ1) is 14.0. The lowest BCUT2D eigenvalue weighted by Crippen LogP contribution is -2.00. The highest BCUT2D eigenvalue weighted by Gasteiger charge is 2.17. The molecule has 22 heavy (non-hydrogen) atoms. The summed E-state index contributed by atoms with van der Waals surface area (Å²) in [5.74, 6) is 0.564. The Morgan fingerprint density at radius 1 is 1.32 bits per heavy atom. The Labute approximate surface area is 131 Å². The van der Waals surface area contributed by atoms with Crippen LogP contribution in [-0.4, -0.2) is 27.1 Å². The minimum atomic E-state index is 0.222. The second kappa shape index (κ2) is 5.84. The zero-order valence-corrected chi connectivity index (χ0v) is 12.3. The second-order valence-electron chi connectivity index (χ2n) is 4.37. The maximum atomic E-state index is 9.24. The van der Waals surface area contributed by atoms with Gasteiger partial charge < -0.3 is 4.74 Å². The number of nitrogens with zero attached hydrogens (tertiary/aromatic N) is 5. The molecule has 0 aliphatic heterocycles. The molecule has 108 valence electrons. The van der Waals surface area contributed by atoms with E-state index in [1.54, 1.807) is 48.5 Å². The first-order valence-corrected chi connectivity index (χ1v) is 6.72. The highest BCUT2D eigenvalue weighted by atomic mass is 35.5. The van der Waals surface area contributed by atoms with Crippen LogP contribution in [0.4, 0.5) is 0 Å². The molecule has 3 rings (SSSR count). The molecule has 0 aliphatic rings.